The van der Waals surface area contributed by atoms with Gasteiger partial charge in [-0.2, -0.15) is 0 Å². The highest BCUT2D eigenvalue weighted by Gasteiger charge is 1.89. The van der Waals surface area contributed by atoms with Gasteiger partial charge in [-0.25, -0.2) is 0 Å². The maximum absolute atomic E-state index is 9.32. The van der Waals surface area contributed by atoms with Crippen molar-refractivity contribution < 1.29 is 15.0 Å². The van der Waals surface area contributed by atoms with Crippen LogP contribution in [0.25, 0.3) is 0 Å². The minimum atomic E-state index is -1.47. The van der Waals surface area contributed by atoms with Gasteiger partial charge in [-0.1, -0.05) is 0 Å². The Morgan fingerprint density at radius 3 is 2.17 bits per heavy atom. The summed E-state index contributed by atoms with van der Waals surface area (Å²) in [5.41, 5.74) is 0. The van der Waals surface area contributed by atoms with E-state index in [0.717, 1.165) is 0 Å². The molecule has 0 aromatic carbocycles. The van der Waals surface area contributed by atoms with Gasteiger partial charge in [0.05, 0.1) is 5.97 Å². The molecule has 3 nitrogen and oxygen atoms in total. The number of aliphatic carboxylic acids is 1. The van der Waals surface area contributed by atoms with Crippen LogP contribution in [-0.2, 0) is 4.79 Å². The van der Waals surface area contributed by atoms with E-state index in [1.54, 1.807) is 9.24 Å². The fraction of sp³-hybridized carbons (Fsp3) is 0.500. The molecule has 1 N–H and O–H groups in total. The van der Waals surface area contributed by atoms with Crippen molar-refractivity contribution in [1.82, 2.24) is 0 Å². The molecule has 0 aliphatic carbocycles. The zero-order valence-electron chi connectivity index (χ0n) is 2.92. The van der Waals surface area contributed by atoms with Gasteiger partial charge in [0.15, 0.2) is 0 Å². The maximum atomic E-state index is 9.32. The molecule has 1 unspecified atom stereocenters. The average Bonchev–Trinajstić information content (AvgIpc) is 1.36. The first kappa shape index (κ1) is 5.86. The first-order valence-electron chi connectivity index (χ1n) is 1.29. The fourth-order valence-corrected chi connectivity index (χ4v) is 0. The zero-order chi connectivity index (χ0) is 5.15. The largest absolute Gasteiger partial charge is 0.547 e. The minimum absolute atomic E-state index is 1.43. The molecule has 0 saturated carbocycles. The van der Waals surface area contributed by atoms with Crippen molar-refractivity contribution in [2.75, 3.05) is 0 Å². The molecule has 0 amide bonds. The Bertz CT molecular complexity index is 59.8. The number of hydrogen-bond donors (Lipinski definition) is 1. The van der Waals surface area contributed by atoms with Crippen LogP contribution in [0.15, 0.2) is 0 Å². The quantitative estimate of drug-likeness (QED) is 0.391. The van der Waals surface area contributed by atoms with Crippen LogP contribution in [-0.4, -0.2) is 16.9 Å². The number of carboxylic acids is 1. The van der Waals surface area contributed by atoms with Crippen LogP contribution in [0.3, 0.4) is 0 Å². The lowest BCUT2D eigenvalue weighted by Gasteiger charge is -2.00. The molecule has 0 aromatic heterocycles. The zero-order valence-corrected chi connectivity index (χ0v) is 4.07. The lowest BCUT2D eigenvalue weighted by atomic mass is 10.7. The minimum Gasteiger partial charge on any atom is -0.547 e. The molecule has 0 rings (SSSR count). The van der Waals surface area contributed by atoms with E-state index in [1.165, 1.54) is 0 Å². The van der Waals surface area contributed by atoms with Gasteiger partial charge < -0.3 is 15.0 Å². The highest BCUT2D eigenvalue weighted by atomic mass is 31.0. The van der Waals surface area contributed by atoms with Gasteiger partial charge in [0.25, 0.3) is 0 Å². The van der Waals surface area contributed by atoms with Crippen LogP contribution in [0.5, 0.6) is 0 Å². The van der Waals surface area contributed by atoms with E-state index in [1.807, 2.05) is 0 Å². The topological polar surface area (TPSA) is 60.4 Å². The molecule has 2 atom stereocenters. The van der Waals surface area contributed by atoms with Gasteiger partial charge >= 0.3 is 0 Å². The molecular weight excluding hydrogens is 103 g/mol. The number of aliphatic hydroxyl groups is 1. The molecular formula is C2H4O3P-. The van der Waals surface area contributed by atoms with E-state index in [2.05, 4.69) is 0 Å². The lowest BCUT2D eigenvalue weighted by Crippen LogP contribution is -2.31. The van der Waals surface area contributed by atoms with Crippen molar-refractivity contribution >= 4 is 15.2 Å². The lowest BCUT2D eigenvalue weighted by molar-refractivity contribution is -0.310. The van der Waals surface area contributed by atoms with E-state index < -0.39 is 11.8 Å². The summed E-state index contributed by atoms with van der Waals surface area (Å²) >= 11 is 0. The van der Waals surface area contributed by atoms with Crippen LogP contribution in [0.1, 0.15) is 0 Å². The van der Waals surface area contributed by atoms with E-state index in [-0.39, 0.29) is 0 Å². The van der Waals surface area contributed by atoms with E-state index in [9.17, 15) is 9.90 Å². The Morgan fingerprint density at radius 2 is 2.17 bits per heavy atom. The van der Waals surface area contributed by atoms with Crippen LogP contribution in [0.4, 0.5) is 0 Å². The SMILES string of the molecule is O=C([O-])[C@H](O)P. The number of hydrogen-bond acceptors (Lipinski definition) is 3. The summed E-state index contributed by atoms with van der Waals surface area (Å²) in [5, 5.41) is 17.2. The highest BCUT2D eigenvalue weighted by Crippen LogP contribution is 1.88. The molecule has 36 valence electrons. The summed E-state index contributed by atoms with van der Waals surface area (Å²) < 4.78 is 0. The van der Waals surface area contributed by atoms with Gasteiger partial charge in [-0.15, -0.1) is 9.24 Å². The molecule has 0 heterocycles. The van der Waals surface area contributed by atoms with Gasteiger partial charge in [-0.05, 0) is 0 Å². The summed E-state index contributed by atoms with van der Waals surface area (Å²) in [5.74, 6) is -2.90. The number of carboxylic acid groups (broad SMARTS) is 1. The third-order valence-corrected chi connectivity index (χ3v) is 0.514. The van der Waals surface area contributed by atoms with Gasteiger partial charge in [0, 0.05) is 0 Å². The summed E-state index contributed by atoms with van der Waals surface area (Å²) in [7, 11) is 1.67. The smallest absolute Gasteiger partial charge is 0.106 e. The Morgan fingerprint density at radius 1 is 2.00 bits per heavy atom. The van der Waals surface area contributed by atoms with Crippen molar-refractivity contribution in [3.63, 3.8) is 0 Å². The van der Waals surface area contributed by atoms with Crippen molar-refractivity contribution in [2.24, 2.45) is 0 Å². The normalized spacial score (nSPS) is 13.7. The molecule has 0 aromatic rings. The van der Waals surface area contributed by atoms with Gasteiger partial charge in [0.1, 0.15) is 5.85 Å². The maximum Gasteiger partial charge on any atom is 0.106 e. The molecule has 6 heavy (non-hydrogen) atoms. The Labute approximate surface area is 37.2 Å². The second-order valence-electron chi connectivity index (χ2n) is 0.764. The predicted octanol–water partition coefficient (Wildman–Crippen LogP) is -2.07. The first-order valence-corrected chi connectivity index (χ1v) is 1.96. The average molecular weight is 107 g/mol. The monoisotopic (exact) mass is 107 g/mol. The summed E-state index contributed by atoms with van der Waals surface area (Å²) in [6.45, 7) is 0. The number of carbonyl (C=O) groups excluding carboxylic acids is 1. The molecule has 0 radical (unpaired) electrons. The second kappa shape index (κ2) is 2.11. The fourth-order valence-electron chi connectivity index (χ4n) is 0. The van der Waals surface area contributed by atoms with E-state index >= 15 is 0 Å². The molecule has 0 saturated heterocycles. The second-order valence-corrected chi connectivity index (χ2v) is 1.40. The molecule has 0 aliphatic heterocycles. The molecule has 0 fully saturated rings. The number of aliphatic hydroxyl groups excluding tert-OH is 1. The summed E-state index contributed by atoms with van der Waals surface area (Å²) in [4.78, 5) is 9.32. The standard InChI is InChI=1S/C2H5O3P/c3-1(4)2(5)6/h2,5H,6H2,(H,3,4)/p-1/t2-/m1/s1. The molecule has 0 bridgehead atoms. The molecule has 0 aliphatic rings. The van der Waals surface area contributed by atoms with E-state index in [0.29, 0.717) is 0 Å². The summed E-state index contributed by atoms with van der Waals surface area (Å²) in [6.07, 6.45) is 0. The predicted molar refractivity (Wildman–Crippen MR) is 20.7 cm³/mol. The Kier molecular flexibility index (Phi) is 2.06. The molecule has 4 heteroatoms. The van der Waals surface area contributed by atoms with Crippen molar-refractivity contribution in [1.29, 1.82) is 0 Å². The number of rotatable bonds is 1. The third-order valence-electron chi connectivity index (χ3n) is 0.241. The van der Waals surface area contributed by atoms with E-state index in [4.69, 9.17) is 5.11 Å². The summed E-state index contributed by atoms with van der Waals surface area (Å²) in [6, 6.07) is 0. The van der Waals surface area contributed by atoms with Crippen LogP contribution < -0.4 is 5.11 Å². The van der Waals surface area contributed by atoms with Crippen molar-refractivity contribution in [3.8, 4) is 0 Å². The Balaban J connectivity index is 3.26. The Hall–Kier alpha value is -0.140. The van der Waals surface area contributed by atoms with Crippen molar-refractivity contribution in [3.05, 3.63) is 0 Å². The molecule has 0 spiro atoms. The van der Waals surface area contributed by atoms with Crippen molar-refractivity contribution in [2.45, 2.75) is 5.85 Å². The van der Waals surface area contributed by atoms with Gasteiger partial charge in [-0.3, -0.25) is 0 Å². The third kappa shape index (κ3) is 2.12. The van der Waals surface area contributed by atoms with Gasteiger partial charge in [0.2, 0.25) is 0 Å². The van der Waals surface area contributed by atoms with Crippen LogP contribution in [0.2, 0.25) is 0 Å². The van der Waals surface area contributed by atoms with Crippen LogP contribution in [0, 0.1) is 0 Å². The highest BCUT2D eigenvalue weighted by molar-refractivity contribution is 7.18. The van der Waals surface area contributed by atoms with Crippen LogP contribution >= 0.6 is 9.24 Å². The number of carbonyl (C=O) groups is 1. The first-order chi connectivity index (χ1) is 2.64.